The number of methoxy groups -OCH3 is 1. The van der Waals surface area contributed by atoms with Gasteiger partial charge in [-0.05, 0) is 55.4 Å². The van der Waals surface area contributed by atoms with Crippen LogP contribution in [-0.4, -0.2) is 13.7 Å². The maximum absolute atomic E-state index is 6.04. The fourth-order valence-corrected chi connectivity index (χ4v) is 3.15. The molecule has 2 heteroatoms. The lowest BCUT2D eigenvalue weighted by Crippen LogP contribution is -2.29. The van der Waals surface area contributed by atoms with Crippen molar-refractivity contribution in [2.75, 3.05) is 13.7 Å². The highest BCUT2D eigenvalue weighted by Gasteiger charge is 2.40. The minimum Gasteiger partial charge on any atom is -0.497 e. The van der Waals surface area contributed by atoms with Crippen LogP contribution in [0.4, 0.5) is 0 Å². The van der Waals surface area contributed by atoms with Crippen LogP contribution in [0.2, 0.25) is 0 Å². The maximum atomic E-state index is 6.04. The monoisotopic (exact) mass is 218 g/mol. The third-order valence-electron chi connectivity index (χ3n) is 3.93. The lowest BCUT2D eigenvalue weighted by molar-refractivity contribution is -0.0139. The summed E-state index contributed by atoms with van der Waals surface area (Å²) in [6.07, 6.45) is 5.97. The molecule has 1 aromatic rings. The quantitative estimate of drug-likeness (QED) is 0.721. The highest BCUT2D eigenvalue weighted by Crippen LogP contribution is 2.45. The van der Waals surface area contributed by atoms with Gasteiger partial charge in [0.1, 0.15) is 5.75 Å². The van der Waals surface area contributed by atoms with Crippen LogP contribution in [-0.2, 0) is 16.8 Å². The van der Waals surface area contributed by atoms with E-state index >= 15 is 0 Å². The van der Waals surface area contributed by atoms with E-state index in [1.165, 1.54) is 36.8 Å². The second-order valence-electron chi connectivity index (χ2n) is 4.82. The number of ether oxygens (including phenoxy) is 2. The molecule has 1 spiro atoms. The van der Waals surface area contributed by atoms with E-state index in [-0.39, 0.29) is 5.60 Å². The summed E-state index contributed by atoms with van der Waals surface area (Å²) in [6, 6.07) is 6.45. The summed E-state index contributed by atoms with van der Waals surface area (Å²) in [7, 11) is 1.73. The van der Waals surface area contributed by atoms with Crippen LogP contribution in [0.25, 0.3) is 0 Å². The fourth-order valence-electron chi connectivity index (χ4n) is 3.15. The molecule has 1 heterocycles. The van der Waals surface area contributed by atoms with Crippen molar-refractivity contribution in [2.45, 2.75) is 37.7 Å². The number of benzene rings is 1. The van der Waals surface area contributed by atoms with E-state index < -0.39 is 0 Å². The summed E-state index contributed by atoms with van der Waals surface area (Å²) >= 11 is 0. The molecule has 1 atom stereocenters. The topological polar surface area (TPSA) is 18.5 Å². The predicted molar refractivity (Wildman–Crippen MR) is 62.8 cm³/mol. The molecule has 0 radical (unpaired) electrons. The van der Waals surface area contributed by atoms with E-state index in [1.54, 1.807) is 7.11 Å². The lowest BCUT2D eigenvalue weighted by Gasteiger charge is -2.35. The largest absolute Gasteiger partial charge is 0.497 e. The standard InChI is InChI=1S/C14H18O2/c1-15-12-5-6-13-11(10-12)4-2-7-14(13)8-3-9-16-14/h5-6,10H,2-4,7-9H2,1H3. The molecule has 3 rings (SSSR count). The smallest absolute Gasteiger partial charge is 0.119 e. The second kappa shape index (κ2) is 3.77. The Balaban J connectivity index is 2.05. The van der Waals surface area contributed by atoms with Gasteiger partial charge in [0.25, 0.3) is 0 Å². The van der Waals surface area contributed by atoms with Crippen molar-refractivity contribution in [2.24, 2.45) is 0 Å². The van der Waals surface area contributed by atoms with Gasteiger partial charge < -0.3 is 9.47 Å². The molecule has 86 valence electrons. The van der Waals surface area contributed by atoms with E-state index in [0.717, 1.165) is 18.8 Å². The molecule has 0 N–H and O–H groups in total. The Morgan fingerprint density at radius 3 is 2.88 bits per heavy atom. The average Bonchev–Trinajstić information content (AvgIpc) is 2.78. The number of fused-ring (bicyclic) bond motifs is 2. The van der Waals surface area contributed by atoms with Gasteiger partial charge in [-0.3, -0.25) is 0 Å². The molecular formula is C14H18O2. The first-order valence-corrected chi connectivity index (χ1v) is 6.15. The summed E-state index contributed by atoms with van der Waals surface area (Å²) < 4.78 is 11.3. The summed E-state index contributed by atoms with van der Waals surface area (Å²) in [6.45, 7) is 0.922. The van der Waals surface area contributed by atoms with Crippen LogP contribution < -0.4 is 4.74 Å². The van der Waals surface area contributed by atoms with Crippen LogP contribution in [0.5, 0.6) is 5.75 Å². The lowest BCUT2D eigenvalue weighted by atomic mass is 9.77. The van der Waals surface area contributed by atoms with Crippen LogP contribution in [0.15, 0.2) is 18.2 Å². The van der Waals surface area contributed by atoms with Crippen molar-refractivity contribution in [3.63, 3.8) is 0 Å². The Morgan fingerprint density at radius 2 is 2.12 bits per heavy atom. The van der Waals surface area contributed by atoms with Crippen LogP contribution in [0, 0.1) is 0 Å². The third kappa shape index (κ3) is 1.44. The number of aryl methyl sites for hydroxylation is 1. The summed E-state index contributed by atoms with van der Waals surface area (Å²) in [5, 5.41) is 0. The van der Waals surface area contributed by atoms with Gasteiger partial charge in [0, 0.05) is 6.61 Å². The third-order valence-corrected chi connectivity index (χ3v) is 3.93. The van der Waals surface area contributed by atoms with E-state index in [2.05, 4.69) is 18.2 Å². The molecule has 1 saturated heterocycles. The van der Waals surface area contributed by atoms with Crippen molar-refractivity contribution >= 4 is 0 Å². The summed E-state index contributed by atoms with van der Waals surface area (Å²) in [5.74, 6) is 0.966. The molecule has 1 unspecified atom stereocenters. The first-order chi connectivity index (χ1) is 7.84. The van der Waals surface area contributed by atoms with E-state index in [4.69, 9.17) is 9.47 Å². The Labute approximate surface area is 96.6 Å². The summed E-state index contributed by atoms with van der Waals surface area (Å²) in [5.41, 5.74) is 2.88. The molecule has 1 aromatic carbocycles. The fraction of sp³-hybridized carbons (Fsp3) is 0.571. The van der Waals surface area contributed by atoms with Gasteiger partial charge in [0.2, 0.25) is 0 Å². The van der Waals surface area contributed by atoms with Gasteiger partial charge in [0.15, 0.2) is 0 Å². The van der Waals surface area contributed by atoms with Gasteiger partial charge >= 0.3 is 0 Å². The molecule has 0 aromatic heterocycles. The van der Waals surface area contributed by atoms with E-state index in [9.17, 15) is 0 Å². The molecule has 0 bridgehead atoms. The van der Waals surface area contributed by atoms with Gasteiger partial charge in [0.05, 0.1) is 12.7 Å². The number of rotatable bonds is 1. The molecule has 16 heavy (non-hydrogen) atoms. The zero-order valence-electron chi connectivity index (χ0n) is 9.79. The molecular weight excluding hydrogens is 200 g/mol. The Kier molecular flexibility index (Phi) is 2.40. The minimum absolute atomic E-state index is 0.0415. The van der Waals surface area contributed by atoms with Crippen molar-refractivity contribution in [3.8, 4) is 5.75 Å². The molecule has 2 nitrogen and oxygen atoms in total. The Bertz CT molecular complexity index is 392. The van der Waals surface area contributed by atoms with Crippen molar-refractivity contribution in [3.05, 3.63) is 29.3 Å². The highest BCUT2D eigenvalue weighted by atomic mass is 16.5. The van der Waals surface area contributed by atoms with Crippen LogP contribution >= 0.6 is 0 Å². The van der Waals surface area contributed by atoms with E-state index in [0.29, 0.717) is 0 Å². The van der Waals surface area contributed by atoms with Crippen molar-refractivity contribution in [1.82, 2.24) is 0 Å². The first kappa shape index (κ1) is 10.2. The molecule has 0 amide bonds. The van der Waals surface area contributed by atoms with Crippen LogP contribution in [0.1, 0.15) is 36.8 Å². The molecule has 0 saturated carbocycles. The second-order valence-corrected chi connectivity index (χ2v) is 4.82. The average molecular weight is 218 g/mol. The minimum atomic E-state index is 0.0415. The molecule has 1 aliphatic heterocycles. The van der Waals surface area contributed by atoms with Gasteiger partial charge in [-0.25, -0.2) is 0 Å². The number of hydrogen-bond donors (Lipinski definition) is 0. The Morgan fingerprint density at radius 1 is 1.25 bits per heavy atom. The normalized spacial score (nSPS) is 28.1. The predicted octanol–water partition coefficient (Wildman–Crippen LogP) is 3.04. The van der Waals surface area contributed by atoms with E-state index in [1.807, 2.05) is 0 Å². The Hall–Kier alpha value is -1.02. The van der Waals surface area contributed by atoms with Crippen LogP contribution in [0.3, 0.4) is 0 Å². The number of hydrogen-bond acceptors (Lipinski definition) is 2. The van der Waals surface area contributed by atoms with Crippen molar-refractivity contribution < 1.29 is 9.47 Å². The van der Waals surface area contributed by atoms with Gasteiger partial charge in [-0.1, -0.05) is 6.07 Å². The SMILES string of the molecule is COc1ccc2c(c1)CCCC21CCCO1. The molecule has 1 aliphatic carbocycles. The zero-order valence-corrected chi connectivity index (χ0v) is 9.79. The summed E-state index contributed by atoms with van der Waals surface area (Å²) in [4.78, 5) is 0. The maximum Gasteiger partial charge on any atom is 0.119 e. The first-order valence-electron chi connectivity index (χ1n) is 6.15. The highest BCUT2D eigenvalue weighted by molar-refractivity contribution is 5.41. The van der Waals surface area contributed by atoms with Gasteiger partial charge in [-0.15, -0.1) is 0 Å². The van der Waals surface area contributed by atoms with Crippen molar-refractivity contribution in [1.29, 1.82) is 0 Å². The van der Waals surface area contributed by atoms with Gasteiger partial charge in [-0.2, -0.15) is 0 Å². The molecule has 2 aliphatic rings. The molecule has 1 fully saturated rings. The zero-order chi connectivity index (χ0) is 11.0.